The number of carbonyl (C=O) groups is 1. The van der Waals surface area contributed by atoms with Crippen LogP contribution in [0.2, 0.25) is 0 Å². The largest absolute Gasteiger partial charge is 0.383 e. The molecule has 1 amide bonds. The first-order valence-electron chi connectivity index (χ1n) is 8.73. The van der Waals surface area contributed by atoms with E-state index in [1.807, 2.05) is 4.90 Å². The first-order chi connectivity index (χ1) is 11.3. The zero-order valence-electron chi connectivity index (χ0n) is 15.1. The van der Waals surface area contributed by atoms with Crippen LogP contribution in [0, 0.1) is 5.92 Å². The Morgan fingerprint density at radius 2 is 1.88 bits per heavy atom. The minimum absolute atomic E-state index is 0.128. The molecule has 0 spiro atoms. The van der Waals surface area contributed by atoms with Gasteiger partial charge < -0.3 is 14.5 Å². The highest BCUT2D eigenvalue weighted by Crippen LogP contribution is 2.24. The number of amides is 1. The molecular formula is C16H31N3O4S. The van der Waals surface area contributed by atoms with Crippen LogP contribution in [0.3, 0.4) is 0 Å². The molecule has 2 aliphatic rings. The van der Waals surface area contributed by atoms with E-state index in [0.29, 0.717) is 32.7 Å². The van der Waals surface area contributed by atoms with Gasteiger partial charge in [-0.1, -0.05) is 0 Å². The lowest BCUT2D eigenvalue weighted by atomic mass is 10.00. The second-order valence-corrected chi connectivity index (χ2v) is 9.08. The van der Waals surface area contributed by atoms with Crippen molar-refractivity contribution in [1.29, 1.82) is 0 Å². The van der Waals surface area contributed by atoms with Crippen LogP contribution in [-0.2, 0) is 19.6 Å². The highest BCUT2D eigenvalue weighted by atomic mass is 32.2. The van der Waals surface area contributed by atoms with Gasteiger partial charge in [0.1, 0.15) is 0 Å². The van der Waals surface area contributed by atoms with E-state index in [2.05, 4.69) is 11.9 Å². The Hall–Kier alpha value is -0.700. The topological polar surface area (TPSA) is 70.2 Å². The quantitative estimate of drug-likeness (QED) is 0.649. The summed E-state index contributed by atoms with van der Waals surface area (Å²) in [6, 6.07) is 0.274. The molecule has 8 heteroatoms. The Bertz CT molecular complexity index is 517. The molecular weight excluding hydrogens is 330 g/mol. The van der Waals surface area contributed by atoms with Gasteiger partial charge in [-0.3, -0.25) is 4.79 Å². The Balaban J connectivity index is 1.93. The average molecular weight is 362 g/mol. The monoisotopic (exact) mass is 361 g/mol. The number of hydrogen-bond acceptors (Lipinski definition) is 5. The van der Waals surface area contributed by atoms with Gasteiger partial charge in [0.2, 0.25) is 15.9 Å². The first kappa shape index (κ1) is 19.6. The molecule has 0 bridgehead atoms. The predicted octanol–water partition coefficient (Wildman–Crippen LogP) is 0.227. The van der Waals surface area contributed by atoms with Crippen molar-refractivity contribution in [1.82, 2.24) is 14.1 Å². The molecule has 7 nitrogen and oxygen atoms in total. The Labute approximate surface area is 146 Å². The highest BCUT2D eigenvalue weighted by Gasteiger charge is 2.33. The van der Waals surface area contributed by atoms with Crippen LogP contribution in [0.15, 0.2) is 0 Å². The van der Waals surface area contributed by atoms with Gasteiger partial charge in [0.15, 0.2) is 0 Å². The second-order valence-electron chi connectivity index (χ2n) is 7.09. The lowest BCUT2D eigenvalue weighted by Gasteiger charge is -2.37. The number of piperidine rings is 1. The van der Waals surface area contributed by atoms with Crippen molar-refractivity contribution in [2.45, 2.75) is 31.7 Å². The zero-order chi connectivity index (χ0) is 17.7. The van der Waals surface area contributed by atoms with E-state index in [1.54, 1.807) is 7.11 Å². The van der Waals surface area contributed by atoms with E-state index in [1.165, 1.54) is 10.6 Å². The molecule has 0 saturated carbocycles. The molecule has 1 atom stereocenters. The number of carbonyl (C=O) groups excluding carboxylic acids is 1. The Kier molecular flexibility index (Phi) is 7.03. The molecule has 24 heavy (non-hydrogen) atoms. The lowest BCUT2D eigenvalue weighted by molar-refractivity contribution is -0.136. The van der Waals surface area contributed by atoms with Crippen molar-refractivity contribution >= 4 is 15.9 Å². The summed E-state index contributed by atoms with van der Waals surface area (Å²) in [5, 5.41) is 0. The van der Waals surface area contributed by atoms with Gasteiger partial charge in [-0.15, -0.1) is 0 Å². The van der Waals surface area contributed by atoms with Gasteiger partial charge >= 0.3 is 0 Å². The average Bonchev–Trinajstić information content (AvgIpc) is 2.98. The molecule has 2 aliphatic heterocycles. The first-order valence-corrected chi connectivity index (χ1v) is 10.6. The number of nitrogens with zero attached hydrogens (tertiary/aromatic N) is 3. The van der Waals surface area contributed by atoms with Crippen molar-refractivity contribution in [2.24, 2.45) is 5.92 Å². The van der Waals surface area contributed by atoms with Crippen LogP contribution in [0.5, 0.6) is 0 Å². The molecule has 140 valence electrons. The molecule has 0 aromatic carbocycles. The van der Waals surface area contributed by atoms with E-state index in [4.69, 9.17) is 4.74 Å². The maximum Gasteiger partial charge on any atom is 0.223 e. The standard InChI is InChI=1S/C16H31N3O4S/c1-17-7-5-15(6-8-17)19(10-11-23-2)16(20)12-14-4-9-18(13-14)24(3,21)22/h14-15H,4-13H2,1-3H3. The minimum Gasteiger partial charge on any atom is -0.383 e. The van der Waals surface area contributed by atoms with Gasteiger partial charge in [-0.05, 0) is 45.3 Å². The third-order valence-corrected chi connectivity index (χ3v) is 6.44. The summed E-state index contributed by atoms with van der Waals surface area (Å²) >= 11 is 0. The molecule has 0 radical (unpaired) electrons. The second kappa shape index (κ2) is 8.60. The van der Waals surface area contributed by atoms with Gasteiger partial charge in [0.05, 0.1) is 12.9 Å². The van der Waals surface area contributed by atoms with Crippen molar-refractivity contribution in [3.05, 3.63) is 0 Å². The highest BCUT2D eigenvalue weighted by molar-refractivity contribution is 7.88. The van der Waals surface area contributed by atoms with E-state index in [9.17, 15) is 13.2 Å². The smallest absolute Gasteiger partial charge is 0.223 e. The third kappa shape index (κ3) is 5.40. The van der Waals surface area contributed by atoms with Gasteiger partial charge in [-0.2, -0.15) is 0 Å². The number of likely N-dealkylation sites (tertiary alicyclic amines) is 1. The van der Waals surface area contributed by atoms with E-state index >= 15 is 0 Å². The van der Waals surface area contributed by atoms with Crippen LogP contribution >= 0.6 is 0 Å². The van der Waals surface area contributed by atoms with Crippen LogP contribution in [0.25, 0.3) is 0 Å². The minimum atomic E-state index is -3.15. The lowest BCUT2D eigenvalue weighted by Crippen LogP contribution is -2.48. The van der Waals surface area contributed by atoms with Gasteiger partial charge in [0, 0.05) is 39.2 Å². The van der Waals surface area contributed by atoms with Gasteiger partial charge in [-0.25, -0.2) is 12.7 Å². The molecule has 2 fully saturated rings. The number of hydrogen-bond donors (Lipinski definition) is 0. The fourth-order valence-electron chi connectivity index (χ4n) is 3.64. The molecule has 0 aromatic rings. The molecule has 2 heterocycles. The third-order valence-electron chi connectivity index (χ3n) is 5.17. The molecule has 0 N–H and O–H groups in total. The number of rotatable bonds is 7. The summed E-state index contributed by atoms with van der Waals surface area (Å²) in [6.07, 6.45) is 4.42. The summed E-state index contributed by atoms with van der Waals surface area (Å²) in [4.78, 5) is 17.1. The molecule has 0 aliphatic carbocycles. The maximum absolute atomic E-state index is 12.8. The summed E-state index contributed by atoms with van der Waals surface area (Å²) in [7, 11) is 0.609. The SMILES string of the molecule is COCCN(C(=O)CC1CCN(S(C)(=O)=O)C1)C1CCN(C)CC1. The Morgan fingerprint density at radius 3 is 2.42 bits per heavy atom. The van der Waals surface area contributed by atoms with Crippen LogP contribution in [-0.4, -0.2) is 94.2 Å². The Morgan fingerprint density at radius 1 is 1.21 bits per heavy atom. The number of ether oxygens (including phenoxy) is 1. The van der Waals surface area contributed by atoms with Gasteiger partial charge in [0.25, 0.3) is 0 Å². The predicted molar refractivity (Wildman–Crippen MR) is 93.2 cm³/mol. The molecule has 2 saturated heterocycles. The summed E-state index contributed by atoms with van der Waals surface area (Å²) < 4.78 is 29.9. The van der Waals surface area contributed by atoms with Crippen molar-refractivity contribution < 1.29 is 17.9 Å². The van der Waals surface area contributed by atoms with Crippen molar-refractivity contribution in [3.63, 3.8) is 0 Å². The molecule has 1 unspecified atom stereocenters. The van der Waals surface area contributed by atoms with Crippen LogP contribution < -0.4 is 0 Å². The van der Waals surface area contributed by atoms with Crippen LogP contribution in [0.4, 0.5) is 0 Å². The van der Waals surface area contributed by atoms with E-state index in [0.717, 1.165) is 32.4 Å². The van der Waals surface area contributed by atoms with Crippen molar-refractivity contribution in [3.8, 4) is 0 Å². The normalized spacial score (nSPS) is 24.4. The van der Waals surface area contributed by atoms with Crippen molar-refractivity contribution in [2.75, 3.05) is 59.7 Å². The van der Waals surface area contributed by atoms with E-state index in [-0.39, 0.29) is 17.9 Å². The van der Waals surface area contributed by atoms with Crippen LogP contribution in [0.1, 0.15) is 25.7 Å². The molecule has 2 rings (SSSR count). The fraction of sp³-hybridized carbons (Fsp3) is 0.938. The summed E-state index contributed by atoms with van der Waals surface area (Å²) in [5.74, 6) is 0.269. The summed E-state index contributed by atoms with van der Waals surface area (Å²) in [6.45, 7) is 4.17. The zero-order valence-corrected chi connectivity index (χ0v) is 15.9. The summed E-state index contributed by atoms with van der Waals surface area (Å²) in [5.41, 5.74) is 0. The number of sulfonamides is 1. The molecule has 0 aromatic heterocycles. The maximum atomic E-state index is 12.8. The van der Waals surface area contributed by atoms with E-state index < -0.39 is 10.0 Å². The number of methoxy groups -OCH3 is 1. The fourth-order valence-corrected chi connectivity index (χ4v) is 4.55.